The fraction of sp³-hybridized carbons (Fsp3) is 0.235. The summed E-state index contributed by atoms with van der Waals surface area (Å²) in [7, 11) is -1.45. The number of non-ortho nitro benzene ring substituents is 1. The lowest BCUT2D eigenvalue weighted by Gasteiger charge is -2.27. The first-order valence-electron chi connectivity index (χ1n) is 8.03. The molecule has 0 atom stereocenters. The molecule has 11 heteroatoms. The molecule has 0 aliphatic rings. The highest BCUT2D eigenvalue weighted by Crippen LogP contribution is 2.23. The summed E-state index contributed by atoms with van der Waals surface area (Å²) in [6.45, 7) is 1.04. The third-order valence-corrected chi connectivity index (χ3v) is 5.67. The number of aryl methyl sites for hydroxylation is 1. The number of nitro benzene ring substituents is 1. The van der Waals surface area contributed by atoms with Crippen LogP contribution in [0.2, 0.25) is 0 Å². The van der Waals surface area contributed by atoms with Crippen LogP contribution in [0.1, 0.15) is 5.56 Å². The van der Waals surface area contributed by atoms with Crippen molar-refractivity contribution in [2.75, 3.05) is 30.3 Å². The quantitative estimate of drug-likeness (QED) is 0.556. The number of carbonyl (C=O) groups is 1. The van der Waals surface area contributed by atoms with Crippen molar-refractivity contribution in [2.24, 2.45) is 0 Å². The Balaban J connectivity index is 2.32. The van der Waals surface area contributed by atoms with E-state index in [0.717, 1.165) is 20.7 Å². The minimum Gasteiger partial charge on any atom is -0.324 e. The molecule has 2 rings (SSSR count). The van der Waals surface area contributed by atoms with Crippen LogP contribution in [0.25, 0.3) is 0 Å². The number of anilines is 2. The zero-order valence-corrected chi connectivity index (χ0v) is 16.2. The van der Waals surface area contributed by atoms with Gasteiger partial charge in [0.25, 0.3) is 5.69 Å². The average Bonchev–Trinajstić information content (AvgIpc) is 2.62. The highest BCUT2D eigenvalue weighted by atomic mass is 32.2. The van der Waals surface area contributed by atoms with Gasteiger partial charge in [-0.25, -0.2) is 8.70 Å². The van der Waals surface area contributed by atoms with Crippen molar-refractivity contribution in [3.63, 3.8) is 0 Å². The fourth-order valence-electron chi connectivity index (χ4n) is 2.29. The third-order valence-electron chi connectivity index (χ3n) is 3.85. The minimum atomic E-state index is -4.05. The van der Waals surface area contributed by atoms with Gasteiger partial charge in [0.15, 0.2) is 0 Å². The normalized spacial score (nSPS) is 11.3. The predicted molar refractivity (Wildman–Crippen MR) is 103 cm³/mol. The minimum absolute atomic E-state index is 0.0982. The van der Waals surface area contributed by atoms with E-state index in [1.54, 1.807) is 6.92 Å². The Hall–Kier alpha value is -3.05. The van der Waals surface area contributed by atoms with E-state index in [2.05, 4.69) is 5.32 Å². The van der Waals surface area contributed by atoms with Crippen LogP contribution in [0.3, 0.4) is 0 Å². The number of nitro groups is 1. The summed E-state index contributed by atoms with van der Waals surface area (Å²) < 4.78 is 40.1. The number of rotatable bonds is 7. The monoisotopic (exact) mass is 410 g/mol. The molecule has 2 aromatic rings. The van der Waals surface area contributed by atoms with Gasteiger partial charge in [-0.15, -0.1) is 0 Å². The van der Waals surface area contributed by atoms with Gasteiger partial charge in [0.05, 0.1) is 16.3 Å². The van der Waals surface area contributed by atoms with Gasteiger partial charge in [0.1, 0.15) is 12.4 Å². The zero-order valence-electron chi connectivity index (χ0n) is 15.4. The van der Waals surface area contributed by atoms with Crippen LogP contribution in [0, 0.1) is 22.9 Å². The Bertz CT molecular complexity index is 993. The summed E-state index contributed by atoms with van der Waals surface area (Å²) in [6, 6.07) is 8.60. The van der Waals surface area contributed by atoms with Crippen LogP contribution < -0.4 is 9.62 Å². The predicted octanol–water partition coefficient (Wildman–Crippen LogP) is 2.29. The lowest BCUT2D eigenvalue weighted by atomic mass is 10.2. The summed E-state index contributed by atoms with van der Waals surface area (Å²) in [5.74, 6) is -1.26. The molecular weight excluding hydrogens is 391 g/mol. The van der Waals surface area contributed by atoms with Crippen molar-refractivity contribution < 1.29 is 22.5 Å². The zero-order chi connectivity index (χ0) is 21.1. The van der Waals surface area contributed by atoms with E-state index in [1.807, 2.05) is 0 Å². The summed E-state index contributed by atoms with van der Waals surface area (Å²) in [5.41, 5.74) is 0.654. The maximum absolute atomic E-state index is 13.2. The van der Waals surface area contributed by atoms with E-state index in [1.165, 1.54) is 44.4 Å². The Morgan fingerprint density at radius 3 is 2.32 bits per heavy atom. The van der Waals surface area contributed by atoms with Crippen molar-refractivity contribution in [2.45, 2.75) is 6.92 Å². The number of nitrogens with zero attached hydrogens (tertiary/aromatic N) is 3. The Morgan fingerprint density at radius 1 is 1.18 bits per heavy atom. The van der Waals surface area contributed by atoms with Gasteiger partial charge in [-0.1, -0.05) is 6.07 Å². The van der Waals surface area contributed by atoms with E-state index in [0.29, 0.717) is 5.56 Å². The molecule has 0 unspecified atom stereocenters. The van der Waals surface area contributed by atoms with E-state index >= 15 is 0 Å². The molecule has 1 amide bonds. The van der Waals surface area contributed by atoms with Gasteiger partial charge >= 0.3 is 10.2 Å². The van der Waals surface area contributed by atoms with Crippen molar-refractivity contribution in [1.82, 2.24) is 4.31 Å². The SMILES string of the molecule is Cc1ccc([N+](=O)[O-])cc1NC(=O)CN(c1ccc(F)cc1)S(=O)(=O)N(C)C. The molecular formula is C17H19FN4O5S. The van der Waals surface area contributed by atoms with E-state index < -0.39 is 33.4 Å². The molecule has 0 fully saturated rings. The van der Waals surface area contributed by atoms with Crippen LogP contribution in [0.15, 0.2) is 42.5 Å². The van der Waals surface area contributed by atoms with E-state index in [-0.39, 0.29) is 17.1 Å². The van der Waals surface area contributed by atoms with Crippen LogP contribution in [0.5, 0.6) is 0 Å². The first kappa shape index (κ1) is 21.3. The topological polar surface area (TPSA) is 113 Å². The number of amides is 1. The van der Waals surface area contributed by atoms with Gasteiger partial charge in [0, 0.05) is 26.2 Å². The molecule has 0 aliphatic carbocycles. The van der Waals surface area contributed by atoms with Gasteiger partial charge in [-0.2, -0.15) is 12.7 Å². The highest BCUT2D eigenvalue weighted by Gasteiger charge is 2.27. The lowest BCUT2D eigenvalue weighted by Crippen LogP contribution is -2.44. The van der Waals surface area contributed by atoms with Crippen LogP contribution >= 0.6 is 0 Å². The molecule has 0 bridgehead atoms. The maximum atomic E-state index is 13.2. The molecule has 0 spiro atoms. The molecule has 0 aliphatic heterocycles. The molecule has 9 nitrogen and oxygen atoms in total. The largest absolute Gasteiger partial charge is 0.324 e. The Labute approximate surface area is 161 Å². The fourth-order valence-corrected chi connectivity index (χ4v) is 3.35. The molecule has 0 saturated carbocycles. The van der Waals surface area contributed by atoms with Gasteiger partial charge in [-0.05, 0) is 36.8 Å². The first-order chi connectivity index (χ1) is 13.0. The Kier molecular flexibility index (Phi) is 6.31. The number of benzene rings is 2. The lowest BCUT2D eigenvalue weighted by molar-refractivity contribution is -0.384. The summed E-state index contributed by atoms with van der Waals surface area (Å²) in [6.07, 6.45) is 0. The summed E-state index contributed by atoms with van der Waals surface area (Å²) in [4.78, 5) is 22.8. The van der Waals surface area contributed by atoms with Crippen LogP contribution in [-0.4, -0.2) is 44.2 Å². The van der Waals surface area contributed by atoms with Crippen molar-refractivity contribution in [1.29, 1.82) is 0 Å². The Morgan fingerprint density at radius 2 is 1.79 bits per heavy atom. The van der Waals surface area contributed by atoms with Crippen LogP contribution in [0.4, 0.5) is 21.5 Å². The van der Waals surface area contributed by atoms with Crippen molar-refractivity contribution in [3.8, 4) is 0 Å². The van der Waals surface area contributed by atoms with Crippen molar-refractivity contribution in [3.05, 3.63) is 64.0 Å². The average molecular weight is 410 g/mol. The molecule has 0 aromatic heterocycles. The smallest absolute Gasteiger partial charge is 0.304 e. The van der Waals surface area contributed by atoms with E-state index in [4.69, 9.17) is 0 Å². The van der Waals surface area contributed by atoms with Gasteiger partial charge < -0.3 is 5.32 Å². The number of halogens is 1. The van der Waals surface area contributed by atoms with Crippen LogP contribution in [-0.2, 0) is 15.0 Å². The second kappa shape index (κ2) is 8.31. The summed E-state index contributed by atoms with van der Waals surface area (Å²) in [5, 5.41) is 13.4. The standard InChI is InChI=1S/C17H19FN4O5S/c1-12-4-7-15(22(24)25)10-16(12)19-17(23)11-21(28(26,27)20(2)3)14-8-5-13(18)6-9-14/h4-10H,11H2,1-3H3,(H,19,23). The summed E-state index contributed by atoms with van der Waals surface area (Å²) >= 11 is 0. The first-order valence-corrected chi connectivity index (χ1v) is 9.42. The molecule has 2 aromatic carbocycles. The number of nitrogens with one attached hydrogen (secondary N) is 1. The number of hydrogen-bond acceptors (Lipinski definition) is 5. The second-order valence-corrected chi connectivity index (χ2v) is 8.14. The molecule has 0 radical (unpaired) electrons. The number of hydrogen-bond donors (Lipinski definition) is 1. The third kappa shape index (κ3) is 4.81. The van der Waals surface area contributed by atoms with E-state index in [9.17, 15) is 27.7 Å². The molecule has 1 N–H and O–H groups in total. The second-order valence-electron chi connectivity index (χ2n) is 6.08. The van der Waals surface area contributed by atoms with Gasteiger partial charge in [-0.3, -0.25) is 14.9 Å². The highest BCUT2D eigenvalue weighted by molar-refractivity contribution is 7.90. The van der Waals surface area contributed by atoms with Gasteiger partial charge in [0.2, 0.25) is 5.91 Å². The number of carbonyl (C=O) groups excluding carboxylic acids is 1. The van der Waals surface area contributed by atoms with Crippen molar-refractivity contribution >= 4 is 33.2 Å². The molecule has 150 valence electrons. The molecule has 0 heterocycles. The maximum Gasteiger partial charge on any atom is 0.304 e. The molecule has 0 saturated heterocycles. The molecule has 28 heavy (non-hydrogen) atoms.